The Morgan fingerprint density at radius 3 is 2.35 bits per heavy atom. The fourth-order valence-electron chi connectivity index (χ4n) is 1.73. The molecule has 1 aromatic rings. The fourth-order valence-corrected chi connectivity index (χ4v) is 1.90. The number of carbonyl (C=O) groups excluding carboxylic acids is 1. The van der Waals surface area contributed by atoms with Gasteiger partial charge in [0, 0.05) is 25.9 Å². The first-order valence-corrected chi connectivity index (χ1v) is 6.58. The molecule has 0 bridgehead atoms. The van der Waals surface area contributed by atoms with Crippen LogP contribution in [0.25, 0.3) is 0 Å². The van der Waals surface area contributed by atoms with Crippen LogP contribution in [0.5, 0.6) is 0 Å². The van der Waals surface area contributed by atoms with Gasteiger partial charge in [0.25, 0.3) is 0 Å². The van der Waals surface area contributed by atoms with E-state index >= 15 is 0 Å². The standard InChI is InChI=1S/C14H20ClNO/c1-3-4-12-5-7-13(8-6-12)11-16(2)14(17)9-10-15/h5-8H,3-4,9-11H2,1-2H3. The zero-order valence-corrected chi connectivity index (χ0v) is 11.3. The maximum absolute atomic E-state index is 11.6. The predicted molar refractivity (Wildman–Crippen MR) is 72.2 cm³/mol. The molecular formula is C14H20ClNO. The van der Waals surface area contributed by atoms with Crippen LogP contribution in [0, 0.1) is 0 Å². The largest absolute Gasteiger partial charge is 0.341 e. The SMILES string of the molecule is CCCc1ccc(CN(C)C(=O)CCCl)cc1. The van der Waals surface area contributed by atoms with Crippen LogP contribution in [-0.4, -0.2) is 23.7 Å². The molecule has 0 saturated carbocycles. The minimum atomic E-state index is 0.0950. The van der Waals surface area contributed by atoms with E-state index in [4.69, 9.17) is 11.6 Å². The first kappa shape index (κ1) is 14.0. The van der Waals surface area contributed by atoms with Gasteiger partial charge < -0.3 is 4.90 Å². The van der Waals surface area contributed by atoms with Gasteiger partial charge in [0.2, 0.25) is 5.91 Å². The van der Waals surface area contributed by atoms with E-state index in [0.29, 0.717) is 18.8 Å². The summed E-state index contributed by atoms with van der Waals surface area (Å²) >= 11 is 5.55. The fraction of sp³-hybridized carbons (Fsp3) is 0.500. The minimum Gasteiger partial charge on any atom is -0.341 e. The molecule has 1 amide bonds. The third-order valence-electron chi connectivity index (χ3n) is 2.72. The summed E-state index contributed by atoms with van der Waals surface area (Å²) in [6.45, 7) is 2.83. The van der Waals surface area contributed by atoms with Crippen molar-refractivity contribution in [2.75, 3.05) is 12.9 Å². The van der Waals surface area contributed by atoms with E-state index in [1.165, 1.54) is 5.56 Å². The number of rotatable bonds is 6. The Balaban J connectivity index is 2.53. The van der Waals surface area contributed by atoms with E-state index in [0.717, 1.165) is 18.4 Å². The second-order valence-electron chi connectivity index (χ2n) is 4.26. The van der Waals surface area contributed by atoms with Gasteiger partial charge >= 0.3 is 0 Å². The lowest BCUT2D eigenvalue weighted by Gasteiger charge is -2.16. The molecule has 0 radical (unpaired) electrons. The molecule has 2 nitrogen and oxygen atoms in total. The van der Waals surface area contributed by atoms with Crippen molar-refractivity contribution in [1.29, 1.82) is 0 Å². The van der Waals surface area contributed by atoms with Gasteiger partial charge in [-0.25, -0.2) is 0 Å². The van der Waals surface area contributed by atoms with Crippen molar-refractivity contribution in [3.05, 3.63) is 35.4 Å². The Kier molecular flexibility index (Phi) is 6.06. The van der Waals surface area contributed by atoms with Crippen LogP contribution in [0.3, 0.4) is 0 Å². The second kappa shape index (κ2) is 7.33. The molecule has 3 heteroatoms. The molecule has 0 heterocycles. The van der Waals surface area contributed by atoms with Gasteiger partial charge in [-0.15, -0.1) is 11.6 Å². The Labute approximate surface area is 109 Å². The average molecular weight is 254 g/mol. The third kappa shape index (κ3) is 4.78. The number of aryl methyl sites for hydroxylation is 1. The number of carbonyl (C=O) groups is 1. The van der Waals surface area contributed by atoms with E-state index in [1.54, 1.807) is 4.90 Å². The first-order chi connectivity index (χ1) is 8.17. The van der Waals surface area contributed by atoms with Gasteiger partial charge in [-0.1, -0.05) is 37.6 Å². The van der Waals surface area contributed by atoms with Gasteiger partial charge in [0.1, 0.15) is 0 Å². The lowest BCUT2D eigenvalue weighted by atomic mass is 10.1. The smallest absolute Gasteiger partial charge is 0.223 e. The van der Waals surface area contributed by atoms with Crippen molar-refractivity contribution in [3.63, 3.8) is 0 Å². The summed E-state index contributed by atoms with van der Waals surface area (Å²) in [5, 5.41) is 0. The van der Waals surface area contributed by atoms with Crippen LogP contribution in [0.1, 0.15) is 30.9 Å². The van der Waals surface area contributed by atoms with Crippen LogP contribution in [0.2, 0.25) is 0 Å². The van der Waals surface area contributed by atoms with Gasteiger partial charge in [-0.3, -0.25) is 4.79 Å². The number of benzene rings is 1. The summed E-state index contributed by atoms with van der Waals surface area (Å²) < 4.78 is 0. The highest BCUT2D eigenvalue weighted by atomic mass is 35.5. The first-order valence-electron chi connectivity index (χ1n) is 6.05. The van der Waals surface area contributed by atoms with Gasteiger partial charge in [-0.2, -0.15) is 0 Å². The number of hydrogen-bond acceptors (Lipinski definition) is 1. The highest BCUT2D eigenvalue weighted by Gasteiger charge is 2.07. The van der Waals surface area contributed by atoms with E-state index in [9.17, 15) is 4.79 Å². The van der Waals surface area contributed by atoms with Gasteiger partial charge in [0.15, 0.2) is 0 Å². The van der Waals surface area contributed by atoms with Crippen molar-refractivity contribution in [2.24, 2.45) is 0 Å². The van der Waals surface area contributed by atoms with Crippen molar-refractivity contribution in [2.45, 2.75) is 32.7 Å². The van der Waals surface area contributed by atoms with Gasteiger partial charge in [-0.05, 0) is 17.5 Å². The molecule has 1 aromatic carbocycles. The minimum absolute atomic E-state index is 0.0950. The van der Waals surface area contributed by atoms with Crippen LogP contribution in [-0.2, 0) is 17.8 Å². The summed E-state index contributed by atoms with van der Waals surface area (Å²) in [4.78, 5) is 13.3. The van der Waals surface area contributed by atoms with Crippen molar-refractivity contribution in [3.8, 4) is 0 Å². The number of halogens is 1. The van der Waals surface area contributed by atoms with Crippen molar-refractivity contribution in [1.82, 2.24) is 4.90 Å². The van der Waals surface area contributed by atoms with Crippen LogP contribution >= 0.6 is 11.6 Å². The molecule has 0 unspecified atom stereocenters. The molecule has 0 fully saturated rings. The molecule has 0 atom stereocenters. The Bertz CT molecular complexity index is 348. The quantitative estimate of drug-likeness (QED) is 0.713. The second-order valence-corrected chi connectivity index (χ2v) is 4.63. The summed E-state index contributed by atoms with van der Waals surface area (Å²) in [6, 6.07) is 8.46. The number of nitrogens with zero attached hydrogens (tertiary/aromatic N) is 1. The zero-order chi connectivity index (χ0) is 12.7. The van der Waals surface area contributed by atoms with E-state index in [-0.39, 0.29) is 5.91 Å². The molecule has 17 heavy (non-hydrogen) atoms. The number of amides is 1. The van der Waals surface area contributed by atoms with Gasteiger partial charge in [0.05, 0.1) is 0 Å². The molecule has 0 spiro atoms. The number of alkyl halides is 1. The molecule has 0 aliphatic rings. The third-order valence-corrected chi connectivity index (χ3v) is 2.90. The molecule has 0 saturated heterocycles. The normalized spacial score (nSPS) is 10.3. The summed E-state index contributed by atoms with van der Waals surface area (Å²) in [7, 11) is 1.81. The average Bonchev–Trinajstić information content (AvgIpc) is 2.32. The highest BCUT2D eigenvalue weighted by molar-refractivity contribution is 6.18. The highest BCUT2D eigenvalue weighted by Crippen LogP contribution is 2.09. The summed E-state index contributed by atoms with van der Waals surface area (Å²) in [6.07, 6.45) is 2.68. The lowest BCUT2D eigenvalue weighted by molar-refractivity contribution is -0.129. The Morgan fingerprint density at radius 2 is 1.82 bits per heavy atom. The van der Waals surface area contributed by atoms with E-state index < -0.39 is 0 Å². The van der Waals surface area contributed by atoms with E-state index in [1.807, 2.05) is 7.05 Å². The van der Waals surface area contributed by atoms with Crippen molar-refractivity contribution >= 4 is 17.5 Å². The summed E-state index contributed by atoms with van der Waals surface area (Å²) in [5.41, 5.74) is 2.52. The van der Waals surface area contributed by atoms with Crippen LogP contribution < -0.4 is 0 Å². The molecular weight excluding hydrogens is 234 g/mol. The molecule has 94 valence electrons. The predicted octanol–water partition coefficient (Wildman–Crippen LogP) is 3.23. The topological polar surface area (TPSA) is 20.3 Å². The number of hydrogen-bond donors (Lipinski definition) is 0. The lowest BCUT2D eigenvalue weighted by Crippen LogP contribution is -2.26. The van der Waals surface area contributed by atoms with Crippen LogP contribution in [0.15, 0.2) is 24.3 Å². The molecule has 0 aromatic heterocycles. The van der Waals surface area contributed by atoms with E-state index in [2.05, 4.69) is 31.2 Å². The van der Waals surface area contributed by atoms with Crippen LogP contribution in [0.4, 0.5) is 0 Å². The molecule has 0 aliphatic carbocycles. The summed E-state index contributed by atoms with van der Waals surface area (Å²) in [5.74, 6) is 0.483. The van der Waals surface area contributed by atoms with Crippen molar-refractivity contribution < 1.29 is 4.79 Å². The zero-order valence-electron chi connectivity index (χ0n) is 10.6. The Morgan fingerprint density at radius 1 is 1.24 bits per heavy atom. The Hall–Kier alpha value is -1.02. The maximum atomic E-state index is 11.6. The maximum Gasteiger partial charge on any atom is 0.223 e. The molecule has 0 N–H and O–H groups in total. The monoisotopic (exact) mass is 253 g/mol. The molecule has 1 rings (SSSR count). The molecule has 0 aliphatic heterocycles.